The number of esters is 1. The molecule has 0 aliphatic heterocycles. The molecule has 1 heterocycles. The molecule has 0 aromatic carbocycles. The quantitative estimate of drug-likeness (QED) is 0.713. The number of ether oxygens (including phenoxy) is 1. The van der Waals surface area contributed by atoms with Crippen LogP contribution in [-0.2, 0) is 14.3 Å². The van der Waals surface area contributed by atoms with Gasteiger partial charge in [-0.2, -0.15) is 0 Å². The smallest absolute Gasteiger partial charge is 0.326 e. The minimum absolute atomic E-state index is 0.0403. The van der Waals surface area contributed by atoms with Crippen molar-refractivity contribution in [3.05, 3.63) is 28.5 Å². The van der Waals surface area contributed by atoms with Crippen molar-refractivity contribution in [2.24, 2.45) is 0 Å². The molecule has 8 heteroatoms. The van der Waals surface area contributed by atoms with Crippen LogP contribution in [0.3, 0.4) is 0 Å². The molecule has 7 nitrogen and oxygen atoms in total. The normalized spacial score (nSPS) is 11.5. The monoisotopic (exact) mass is 358 g/mol. The SMILES string of the molecule is CCOC(=O)CC[C@H](NC(=O)c1cncc(Br)c1)C(=O)O. The zero-order chi connectivity index (χ0) is 15.8. The Labute approximate surface area is 129 Å². The molecule has 0 fully saturated rings. The van der Waals surface area contributed by atoms with E-state index in [1.54, 1.807) is 6.92 Å². The Balaban J connectivity index is 2.64. The van der Waals surface area contributed by atoms with Gasteiger partial charge in [0, 0.05) is 23.3 Å². The predicted molar refractivity (Wildman–Crippen MR) is 76.7 cm³/mol. The van der Waals surface area contributed by atoms with Crippen molar-refractivity contribution in [2.45, 2.75) is 25.8 Å². The van der Waals surface area contributed by atoms with Gasteiger partial charge in [-0.3, -0.25) is 14.6 Å². The van der Waals surface area contributed by atoms with Crippen LogP contribution in [0.15, 0.2) is 22.9 Å². The lowest BCUT2D eigenvalue weighted by atomic mass is 10.1. The third-order valence-electron chi connectivity index (χ3n) is 2.51. The Bertz CT molecular complexity index is 535. The van der Waals surface area contributed by atoms with Gasteiger partial charge in [-0.15, -0.1) is 0 Å². The van der Waals surface area contributed by atoms with Gasteiger partial charge in [-0.05, 0) is 35.3 Å². The molecule has 0 aliphatic rings. The number of hydrogen-bond acceptors (Lipinski definition) is 5. The number of nitrogens with zero attached hydrogens (tertiary/aromatic N) is 1. The highest BCUT2D eigenvalue weighted by molar-refractivity contribution is 9.10. The molecule has 1 amide bonds. The van der Waals surface area contributed by atoms with Gasteiger partial charge in [-0.25, -0.2) is 4.79 Å². The fraction of sp³-hybridized carbons (Fsp3) is 0.385. The topological polar surface area (TPSA) is 106 Å². The number of nitrogens with one attached hydrogen (secondary N) is 1. The summed E-state index contributed by atoms with van der Waals surface area (Å²) in [5, 5.41) is 11.4. The number of carboxylic acids is 1. The molecular formula is C13H15BrN2O5. The van der Waals surface area contributed by atoms with E-state index in [4.69, 9.17) is 9.84 Å². The van der Waals surface area contributed by atoms with Crippen molar-refractivity contribution in [1.82, 2.24) is 10.3 Å². The molecule has 0 saturated heterocycles. The maximum Gasteiger partial charge on any atom is 0.326 e. The first-order valence-corrected chi connectivity index (χ1v) is 7.03. The summed E-state index contributed by atoms with van der Waals surface area (Å²) in [7, 11) is 0. The number of hydrogen-bond donors (Lipinski definition) is 2. The van der Waals surface area contributed by atoms with Crippen molar-refractivity contribution < 1.29 is 24.2 Å². The molecule has 114 valence electrons. The lowest BCUT2D eigenvalue weighted by Gasteiger charge is -2.14. The molecule has 2 N–H and O–H groups in total. The summed E-state index contributed by atoms with van der Waals surface area (Å²) in [6, 6.07) is 0.355. The number of rotatable bonds is 7. The summed E-state index contributed by atoms with van der Waals surface area (Å²) in [6.07, 6.45) is 2.71. The van der Waals surface area contributed by atoms with Crippen molar-refractivity contribution in [2.75, 3.05) is 6.61 Å². The first kappa shape index (κ1) is 17.1. The second kappa shape index (κ2) is 8.35. The summed E-state index contributed by atoms with van der Waals surface area (Å²) in [5.41, 5.74) is 0.228. The van der Waals surface area contributed by atoms with Crippen molar-refractivity contribution >= 4 is 33.8 Å². The van der Waals surface area contributed by atoms with Gasteiger partial charge >= 0.3 is 11.9 Å². The van der Waals surface area contributed by atoms with Crippen LogP contribution in [0.4, 0.5) is 0 Å². The summed E-state index contributed by atoms with van der Waals surface area (Å²) in [4.78, 5) is 38.1. The Morgan fingerprint density at radius 1 is 1.43 bits per heavy atom. The summed E-state index contributed by atoms with van der Waals surface area (Å²) in [5.74, 6) is -2.28. The maximum absolute atomic E-state index is 11.9. The molecule has 21 heavy (non-hydrogen) atoms. The highest BCUT2D eigenvalue weighted by atomic mass is 79.9. The largest absolute Gasteiger partial charge is 0.480 e. The average molecular weight is 359 g/mol. The zero-order valence-corrected chi connectivity index (χ0v) is 12.9. The molecule has 0 spiro atoms. The molecule has 1 rings (SSSR count). The van der Waals surface area contributed by atoms with E-state index in [0.29, 0.717) is 4.47 Å². The van der Waals surface area contributed by atoms with E-state index in [-0.39, 0.29) is 25.0 Å². The minimum atomic E-state index is -1.21. The van der Waals surface area contributed by atoms with E-state index in [9.17, 15) is 14.4 Å². The van der Waals surface area contributed by atoms with Gasteiger partial charge in [0.1, 0.15) is 6.04 Å². The van der Waals surface area contributed by atoms with Gasteiger partial charge < -0.3 is 15.2 Å². The Morgan fingerprint density at radius 2 is 2.14 bits per heavy atom. The van der Waals surface area contributed by atoms with Gasteiger partial charge in [0.05, 0.1) is 12.2 Å². The van der Waals surface area contributed by atoms with Crippen LogP contribution >= 0.6 is 15.9 Å². The minimum Gasteiger partial charge on any atom is -0.480 e. The molecule has 0 radical (unpaired) electrons. The maximum atomic E-state index is 11.9. The number of amides is 1. The number of aromatic nitrogens is 1. The van der Waals surface area contributed by atoms with E-state index in [1.807, 2.05) is 0 Å². The van der Waals surface area contributed by atoms with Crippen LogP contribution in [0.5, 0.6) is 0 Å². The highest BCUT2D eigenvalue weighted by Gasteiger charge is 2.22. The van der Waals surface area contributed by atoms with Gasteiger partial charge in [0.2, 0.25) is 0 Å². The molecule has 0 saturated carbocycles. The summed E-state index contributed by atoms with van der Waals surface area (Å²) >= 11 is 3.17. The van der Waals surface area contributed by atoms with Crippen LogP contribution in [0.2, 0.25) is 0 Å². The number of carbonyl (C=O) groups is 3. The standard InChI is InChI=1S/C13H15BrN2O5/c1-2-21-11(17)4-3-10(13(19)20)16-12(18)8-5-9(14)7-15-6-8/h5-7,10H,2-4H2,1H3,(H,16,18)(H,19,20)/t10-/m0/s1. The molecular weight excluding hydrogens is 344 g/mol. The molecule has 1 atom stereocenters. The van der Waals surface area contributed by atoms with Crippen molar-refractivity contribution in [3.8, 4) is 0 Å². The van der Waals surface area contributed by atoms with E-state index < -0.39 is 23.9 Å². The zero-order valence-electron chi connectivity index (χ0n) is 11.3. The molecule has 1 aromatic heterocycles. The van der Waals surface area contributed by atoms with E-state index >= 15 is 0 Å². The lowest BCUT2D eigenvalue weighted by Crippen LogP contribution is -2.41. The second-order valence-corrected chi connectivity index (χ2v) is 5.02. The number of aliphatic carboxylic acids is 1. The van der Waals surface area contributed by atoms with Gasteiger partial charge in [-0.1, -0.05) is 0 Å². The molecule has 0 unspecified atom stereocenters. The predicted octanol–water partition coefficient (Wildman–Crippen LogP) is 1.37. The van der Waals surface area contributed by atoms with Crippen LogP contribution in [0.25, 0.3) is 0 Å². The fourth-order valence-electron chi connectivity index (χ4n) is 1.53. The Hall–Kier alpha value is -1.96. The third-order valence-corrected chi connectivity index (χ3v) is 2.95. The van der Waals surface area contributed by atoms with Crippen LogP contribution < -0.4 is 5.32 Å². The van der Waals surface area contributed by atoms with Crippen LogP contribution in [0, 0.1) is 0 Å². The first-order valence-electron chi connectivity index (χ1n) is 6.24. The van der Waals surface area contributed by atoms with E-state index in [2.05, 4.69) is 26.2 Å². The van der Waals surface area contributed by atoms with E-state index in [0.717, 1.165) is 0 Å². The van der Waals surface area contributed by atoms with Crippen LogP contribution in [-0.4, -0.2) is 40.6 Å². The van der Waals surface area contributed by atoms with Gasteiger partial charge in [0.15, 0.2) is 0 Å². The van der Waals surface area contributed by atoms with Crippen LogP contribution in [0.1, 0.15) is 30.1 Å². The average Bonchev–Trinajstić information content (AvgIpc) is 2.43. The second-order valence-electron chi connectivity index (χ2n) is 4.10. The summed E-state index contributed by atoms with van der Waals surface area (Å²) in [6.45, 7) is 1.89. The first-order chi connectivity index (χ1) is 9.93. The number of pyridine rings is 1. The number of carbonyl (C=O) groups excluding carboxylic acids is 2. The number of carboxylic acid groups (broad SMARTS) is 1. The lowest BCUT2D eigenvalue weighted by molar-refractivity contribution is -0.144. The molecule has 0 aliphatic carbocycles. The fourth-order valence-corrected chi connectivity index (χ4v) is 1.90. The summed E-state index contributed by atoms with van der Waals surface area (Å²) < 4.78 is 5.32. The molecule has 0 bridgehead atoms. The number of halogens is 1. The third kappa shape index (κ3) is 5.90. The Morgan fingerprint density at radius 3 is 2.71 bits per heavy atom. The molecule has 1 aromatic rings. The van der Waals surface area contributed by atoms with Gasteiger partial charge in [0.25, 0.3) is 5.91 Å². The Kier molecular flexibility index (Phi) is 6.80. The van der Waals surface area contributed by atoms with E-state index in [1.165, 1.54) is 18.5 Å². The highest BCUT2D eigenvalue weighted by Crippen LogP contribution is 2.10. The van der Waals surface area contributed by atoms with Crippen molar-refractivity contribution in [1.29, 1.82) is 0 Å². The van der Waals surface area contributed by atoms with Crippen molar-refractivity contribution in [3.63, 3.8) is 0 Å².